The summed E-state index contributed by atoms with van der Waals surface area (Å²) in [6, 6.07) is 40.4. The normalized spacial score (nSPS) is 13.8. The van der Waals surface area contributed by atoms with Gasteiger partial charge in [-0.2, -0.15) is 11.1 Å². The van der Waals surface area contributed by atoms with Crippen LogP contribution < -0.4 is 24.8 Å². The Balaban J connectivity index is 0.000000220. The summed E-state index contributed by atoms with van der Waals surface area (Å²) in [7, 11) is 0. The Labute approximate surface area is 286 Å². The molecule has 3 heteroatoms. The summed E-state index contributed by atoms with van der Waals surface area (Å²) < 4.78 is 1.42. The predicted octanol–water partition coefficient (Wildman–Crippen LogP) is 4.76. The van der Waals surface area contributed by atoms with Crippen molar-refractivity contribution >= 4 is 24.8 Å². The minimum atomic E-state index is 0. The van der Waals surface area contributed by atoms with Gasteiger partial charge in [0.05, 0.1) is 0 Å². The zero-order valence-corrected chi connectivity index (χ0v) is 30.1. The molecule has 0 radical (unpaired) electrons. The van der Waals surface area contributed by atoms with Crippen LogP contribution >= 0.6 is 0 Å². The maximum absolute atomic E-state index is 3.52. The maximum Gasteiger partial charge on any atom is -0.0771 e. The van der Waals surface area contributed by atoms with Crippen LogP contribution in [-0.4, -0.2) is 3.21 Å². The number of halogens is 2. The molecule has 0 nitrogen and oxygen atoms in total. The molecule has 5 aromatic rings. The van der Waals surface area contributed by atoms with Gasteiger partial charge in [-0.05, 0) is 5.92 Å². The van der Waals surface area contributed by atoms with Gasteiger partial charge in [0, 0.05) is 0 Å². The third-order valence-corrected chi connectivity index (χ3v) is 9.06. The molecule has 0 aromatic heterocycles. The minimum Gasteiger partial charge on any atom is -0.126 e. The van der Waals surface area contributed by atoms with Crippen molar-refractivity contribution in [3.8, 4) is 0 Å². The molecule has 0 heterocycles. The minimum absolute atomic E-state index is 0. The van der Waals surface area contributed by atoms with E-state index in [4.69, 9.17) is 0 Å². The fourth-order valence-electron chi connectivity index (χ4n) is 5.56. The van der Waals surface area contributed by atoms with Gasteiger partial charge < -0.3 is 24.8 Å². The molecule has 0 spiro atoms. The van der Waals surface area contributed by atoms with Crippen LogP contribution in [0.3, 0.4) is 0 Å². The van der Waals surface area contributed by atoms with Crippen LogP contribution in [0.4, 0.5) is 0 Å². The fraction of sp³-hybridized carbons (Fsp3) is 0.250. The van der Waals surface area contributed by atoms with Crippen LogP contribution in [0.15, 0.2) is 132 Å². The van der Waals surface area contributed by atoms with Gasteiger partial charge in [0.1, 0.15) is 0 Å². The smallest absolute Gasteiger partial charge is 0.0771 e. The van der Waals surface area contributed by atoms with Gasteiger partial charge in [0.15, 0.2) is 0 Å². The van der Waals surface area contributed by atoms with Crippen LogP contribution in [0.2, 0.25) is 0 Å². The van der Waals surface area contributed by atoms with Crippen molar-refractivity contribution in [1.82, 2.24) is 0 Å². The monoisotopic (exact) mass is 682 g/mol. The molecule has 1 unspecified atom stereocenters. The number of hydrogen-bond acceptors (Lipinski definition) is 0. The van der Waals surface area contributed by atoms with E-state index in [1.807, 2.05) is 0 Å². The standard InChI is InChI=1S/C14H23.C13H9.C13H10.2ClH.Zr/c1-9(2)12-7-8-13(10(3)4)14(12)11(5)6;1-3-7-12-10(5-1)9-11-6-2-4-8-13(11)12;1-3-7-12(8-4-1)11-13-9-5-2-6-10-13;;;/h7,9-11,13H,1-6H3;1-9H;1-10H;2*1H;/q2*-1;;;;+2/p-2. The van der Waals surface area contributed by atoms with Crippen molar-refractivity contribution in [2.75, 3.05) is 0 Å². The Morgan fingerprint density at radius 3 is 1.42 bits per heavy atom. The predicted molar refractivity (Wildman–Crippen MR) is 176 cm³/mol. The van der Waals surface area contributed by atoms with Crippen molar-refractivity contribution in [1.29, 1.82) is 0 Å². The third-order valence-electron chi connectivity index (χ3n) is 7.65. The molecule has 1 aliphatic carbocycles. The fourth-order valence-corrected chi connectivity index (χ4v) is 6.38. The third kappa shape index (κ3) is 9.52. The summed E-state index contributed by atoms with van der Waals surface area (Å²) in [5.41, 5.74) is 5.81. The van der Waals surface area contributed by atoms with E-state index >= 15 is 0 Å². The van der Waals surface area contributed by atoms with E-state index < -0.39 is 0 Å². The quantitative estimate of drug-likeness (QED) is 0.235. The molecule has 0 bridgehead atoms. The molecule has 0 saturated heterocycles. The molecule has 6 rings (SSSR count). The maximum atomic E-state index is 3.52. The molecular formula is C40H42Cl2Zr-2. The average Bonchev–Trinajstić information content (AvgIpc) is 3.61. The summed E-state index contributed by atoms with van der Waals surface area (Å²) in [5.74, 6) is 2.54. The largest absolute Gasteiger partial charge is 0.126 e. The second-order valence-corrected chi connectivity index (χ2v) is 12.9. The van der Waals surface area contributed by atoms with Gasteiger partial charge in [-0.25, -0.2) is 6.08 Å². The van der Waals surface area contributed by atoms with E-state index in [-0.39, 0.29) is 24.8 Å². The van der Waals surface area contributed by atoms with Crippen LogP contribution in [0, 0.1) is 29.7 Å². The Kier molecular flexibility index (Phi) is 15.2. The summed E-state index contributed by atoms with van der Waals surface area (Å²) in [4.78, 5) is 0. The van der Waals surface area contributed by atoms with Crippen molar-refractivity contribution in [3.63, 3.8) is 0 Å². The Bertz CT molecular complexity index is 1530. The van der Waals surface area contributed by atoms with Crippen molar-refractivity contribution in [2.24, 2.45) is 23.7 Å². The number of rotatable bonds is 5. The Morgan fingerprint density at radius 1 is 0.605 bits per heavy atom. The molecule has 43 heavy (non-hydrogen) atoms. The number of fused-ring (bicyclic) bond motifs is 3. The average molecular weight is 685 g/mol. The number of hydrogen-bond donors (Lipinski definition) is 0. The molecule has 0 fully saturated rings. The first-order chi connectivity index (χ1) is 19.8. The van der Waals surface area contributed by atoms with Gasteiger partial charge in [-0.1, -0.05) is 95.7 Å². The van der Waals surface area contributed by atoms with Crippen molar-refractivity contribution in [3.05, 3.63) is 150 Å². The van der Waals surface area contributed by atoms with E-state index in [9.17, 15) is 0 Å². The first-order valence-corrected chi connectivity index (χ1v) is 16.1. The zero-order valence-electron chi connectivity index (χ0n) is 26.1. The first kappa shape index (κ1) is 36.8. The molecule has 0 aliphatic heterocycles. The first-order valence-electron chi connectivity index (χ1n) is 14.8. The number of allylic oxidation sites excluding steroid dienone is 4. The summed E-state index contributed by atoms with van der Waals surface area (Å²) >= 11 is 1.46. The van der Waals surface area contributed by atoms with Gasteiger partial charge in [0.25, 0.3) is 0 Å². The van der Waals surface area contributed by atoms with Crippen LogP contribution in [0.25, 0.3) is 21.5 Å². The van der Waals surface area contributed by atoms with Crippen LogP contribution in [-0.2, 0) is 24.2 Å². The Hall–Kier alpha value is -2.44. The van der Waals surface area contributed by atoms with Crippen LogP contribution in [0.5, 0.6) is 0 Å². The topological polar surface area (TPSA) is 0 Å². The van der Waals surface area contributed by atoms with Crippen molar-refractivity contribution in [2.45, 2.75) is 41.5 Å². The molecule has 1 atom stereocenters. The molecule has 222 valence electrons. The zero-order chi connectivity index (χ0) is 29.4. The van der Waals surface area contributed by atoms with Gasteiger partial charge in [-0.15, -0.1) is 39.7 Å². The SMILES string of the molecule is CC(C)C1=C(C(C)C)C(C(C)C)[C-]=C1.[Cl-].[Cl-].[Zr+2]=[C](c1ccccc1)c1ccccc1.c1ccc2c(c1)[cH-]c1ccccc12. The molecule has 0 saturated carbocycles. The van der Waals surface area contributed by atoms with E-state index in [1.165, 1.54) is 65.7 Å². The van der Waals surface area contributed by atoms with Gasteiger partial charge in [0.2, 0.25) is 0 Å². The van der Waals surface area contributed by atoms with E-state index in [2.05, 4.69) is 169 Å². The number of benzene rings is 4. The second kappa shape index (κ2) is 17.8. The summed E-state index contributed by atoms with van der Waals surface area (Å²) in [5, 5.41) is 5.39. The molecule has 0 amide bonds. The van der Waals surface area contributed by atoms with E-state index in [0.717, 1.165) is 0 Å². The van der Waals surface area contributed by atoms with Gasteiger partial charge >= 0.3 is 99.2 Å². The van der Waals surface area contributed by atoms with E-state index in [0.29, 0.717) is 23.7 Å². The summed E-state index contributed by atoms with van der Waals surface area (Å²) in [6.07, 6.45) is 5.75. The van der Waals surface area contributed by atoms with E-state index in [1.54, 1.807) is 5.57 Å². The molecular weight excluding hydrogens is 643 g/mol. The molecule has 0 N–H and O–H groups in total. The second-order valence-electron chi connectivity index (χ2n) is 11.7. The summed E-state index contributed by atoms with van der Waals surface area (Å²) in [6.45, 7) is 13.7. The Morgan fingerprint density at radius 2 is 1.02 bits per heavy atom. The molecule has 5 aromatic carbocycles. The molecule has 1 aliphatic rings. The van der Waals surface area contributed by atoms with Crippen LogP contribution in [0.1, 0.15) is 52.7 Å². The van der Waals surface area contributed by atoms with Crippen molar-refractivity contribution < 1.29 is 49.0 Å². The van der Waals surface area contributed by atoms with Gasteiger partial charge in [-0.3, -0.25) is 6.08 Å².